The summed E-state index contributed by atoms with van der Waals surface area (Å²) >= 11 is 0. The fourth-order valence-corrected chi connectivity index (χ4v) is 1.72. The molecular formula is C15H20F2N2O3. The van der Waals surface area contributed by atoms with E-state index in [0.29, 0.717) is 12.5 Å². The van der Waals surface area contributed by atoms with Gasteiger partial charge in [0.2, 0.25) is 0 Å². The fourth-order valence-electron chi connectivity index (χ4n) is 1.72. The van der Waals surface area contributed by atoms with Gasteiger partial charge in [-0.25, -0.2) is 8.78 Å². The summed E-state index contributed by atoms with van der Waals surface area (Å²) in [5.74, 6) is -3.94. The lowest BCUT2D eigenvalue weighted by Crippen LogP contribution is -2.47. The highest BCUT2D eigenvalue weighted by Crippen LogP contribution is 2.19. The van der Waals surface area contributed by atoms with Crippen LogP contribution in [0.2, 0.25) is 0 Å². The fraction of sp³-hybridized carbons (Fsp3) is 0.467. The highest BCUT2D eigenvalue weighted by Gasteiger charge is 2.28. The SMILES string of the molecule is CCC(C)C(C)(O)CNC(=O)C(=O)Nc1ccc(F)cc1F. The van der Waals surface area contributed by atoms with Gasteiger partial charge in [0.15, 0.2) is 0 Å². The number of benzene rings is 1. The van der Waals surface area contributed by atoms with E-state index in [0.717, 1.165) is 12.1 Å². The van der Waals surface area contributed by atoms with E-state index in [1.165, 1.54) is 0 Å². The maximum absolute atomic E-state index is 13.4. The Morgan fingerprint density at radius 3 is 2.50 bits per heavy atom. The Morgan fingerprint density at radius 1 is 1.32 bits per heavy atom. The van der Waals surface area contributed by atoms with Crippen molar-refractivity contribution < 1.29 is 23.5 Å². The minimum atomic E-state index is -1.16. The molecule has 1 aromatic carbocycles. The normalized spacial score (nSPS) is 14.8. The quantitative estimate of drug-likeness (QED) is 0.725. The van der Waals surface area contributed by atoms with Crippen LogP contribution in [0.15, 0.2) is 18.2 Å². The average Bonchev–Trinajstić information content (AvgIpc) is 2.46. The van der Waals surface area contributed by atoms with Crippen molar-refractivity contribution in [3.8, 4) is 0 Å². The van der Waals surface area contributed by atoms with Crippen LogP contribution in [-0.2, 0) is 9.59 Å². The number of halogens is 2. The Balaban J connectivity index is 2.61. The third kappa shape index (κ3) is 4.77. The molecule has 0 aromatic heterocycles. The smallest absolute Gasteiger partial charge is 0.313 e. The molecule has 0 aliphatic heterocycles. The third-order valence-electron chi connectivity index (χ3n) is 3.67. The maximum atomic E-state index is 13.4. The zero-order valence-corrected chi connectivity index (χ0v) is 12.7. The van der Waals surface area contributed by atoms with Gasteiger partial charge in [-0.2, -0.15) is 0 Å². The predicted octanol–water partition coefficient (Wildman–Crippen LogP) is 1.82. The van der Waals surface area contributed by atoms with Crippen LogP contribution in [0.4, 0.5) is 14.5 Å². The number of anilines is 1. The van der Waals surface area contributed by atoms with Crippen LogP contribution in [0.25, 0.3) is 0 Å². The topological polar surface area (TPSA) is 78.4 Å². The van der Waals surface area contributed by atoms with E-state index in [9.17, 15) is 23.5 Å². The van der Waals surface area contributed by atoms with Crippen molar-refractivity contribution >= 4 is 17.5 Å². The van der Waals surface area contributed by atoms with Crippen LogP contribution in [0, 0.1) is 17.6 Å². The number of aliphatic hydroxyl groups is 1. The molecule has 0 spiro atoms. The molecule has 0 heterocycles. The molecule has 0 bridgehead atoms. The van der Waals surface area contributed by atoms with Crippen LogP contribution in [0.1, 0.15) is 27.2 Å². The molecule has 2 unspecified atom stereocenters. The molecule has 7 heteroatoms. The van der Waals surface area contributed by atoms with Crippen molar-refractivity contribution in [1.82, 2.24) is 5.32 Å². The molecule has 0 aliphatic rings. The number of rotatable bonds is 5. The van der Waals surface area contributed by atoms with E-state index in [-0.39, 0.29) is 18.2 Å². The second-order valence-electron chi connectivity index (χ2n) is 5.43. The molecule has 1 rings (SSSR count). The first kappa shape index (κ1) is 18.0. The molecule has 5 nitrogen and oxygen atoms in total. The van der Waals surface area contributed by atoms with Crippen molar-refractivity contribution in [2.45, 2.75) is 32.8 Å². The van der Waals surface area contributed by atoms with E-state index in [2.05, 4.69) is 5.32 Å². The van der Waals surface area contributed by atoms with Gasteiger partial charge in [0.05, 0.1) is 11.3 Å². The second kappa shape index (κ2) is 7.31. The Labute approximate surface area is 127 Å². The lowest BCUT2D eigenvalue weighted by molar-refractivity contribution is -0.137. The number of hydrogen-bond acceptors (Lipinski definition) is 3. The predicted molar refractivity (Wildman–Crippen MR) is 78.1 cm³/mol. The molecule has 2 atom stereocenters. The molecule has 0 aliphatic carbocycles. The molecule has 2 amide bonds. The van der Waals surface area contributed by atoms with Crippen molar-refractivity contribution in [2.75, 3.05) is 11.9 Å². The average molecular weight is 314 g/mol. The molecule has 0 saturated heterocycles. The van der Waals surface area contributed by atoms with Crippen molar-refractivity contribution in [1.29, 1.82) is 0 Å². The van der Waals surface area contributed by atoms with Gasteiger partial charge in [-0.1, -0.05) is 20.3 Å². The molecule has 3 N–H and O–H groups in total. The zero-order chi connectivity index (χ0) is 16.9. The monoisotopic (exact) mass is 314 g/mol. The third-order valence-corrected chi connectivity index (χ3v) is 3.67. The number of nitrogens with one attached hydrogen (secondary N) is 2. The second-order valence-corrected chi connectivity index (χ2v) is 5.43. The first-order chi connectivity index (χ1) is 10.2. The van der Waals surface area contributed by atoms with E-state index >= 15 is 0 Å². The minimum absolute atomic E-state index is 0.0783. The summed E-state index contributed by atoms with van der Waals surface area (Å²) in [5, 5.41) is 14.5. The first-order valence-corrected chi connectivity index (χ1v) is 6.94. The van der Waals surface area contributed by atoms with Crippen LogP contribution in [0.3, 0.4) is 0 Å². The van der Waals surface area contributed by atoms with Crippen molar-refractivity contribution in [2.24, 2.45) is 5.92 Å². The molecule has 22 heavy (non-hydrogen) atoms. The van der Waals surface area contributed by atoms with Gasteiger partial charge in [0.25, 0.3) is 0 Å². The summed E-state index contributed by atoms with van der Waals surface area (Å²) in [7, 11) is 0. The standard InChI is InChI=1S/C15H20F2N2O3/c1-4-9(2)15(3,22)8-18-13(20)14(21)19-12-6-5-10(16)7-11(12)17/h5-7,9,22H,4,8H2,1-3H3,(H,18,20)(H,19,21). The van der Waals surface area contributed by atoms with E-state index < -0.39 is 29.0 Å². The molecule has 0 radical (unpaired) electrons. The molecule has 122 valence electrons. The highest BCUT2D eigenvalue weighted by atomic mass is 19.1. The number of amides is 2. The Hall–Kier alpha value is -2.02. The van der Waals surface area contributed by atoms with Crippen LogP contribution < -0.4 is 10.6 Å². The van der Waals surface area contributed by atoms with Crippen LogP contribution in [0.5, 0.6) is 0 Å². The Morgan fingerprint density at radius 2 is 1.95 bits per heavy atom. The van der Waals surface area contributed by atoms with Crippen LogP contribution >= 0.6 is 0 Å². The van der Waals surface area contributed by atoms with Gasteiger partial charge >= 0.3 is 11.8 Å². The Kier molecular flexibility index (Phi) is 5.99. The minimum Gasteiger partial charge on any atom is -0.388 e. The van der Waals surface area contributed by atoms with Gasteiger partial charge in [-0.3, -0.25) is 9.59 Å². The summed E-state index contributed by atoms with van der Waals surface area (Å²) in [6.07, 6.45) is 0.704. The maximum Gasteiger partial charge on any atom is 0.313 e. The molecule has 1 aromatic rings. The van der Waals surface area contributed by atoms with E-state index in [1.54, 1.807) is 6.92 Å². The highest BCUT2D eigenvalue weighted by molar-refractivity contribution is 6.39. The summed E-state index contributed by atoms with van der Waals surface area (Å²) < 4.78 is 26.1. The first-order valence-electron chi connectivity index (χ1n) is 6.94. The molecule has 0 fully saturated rings. The summed E-state index contributed by atoms with van der Waals surface area (Å²) in [6, 6.07) is 2.58. The van der Waals surface area contributed by atoms with Gasteiger partial charge in [-0.15, -0.1) is 0 Å². The summed E-state index contributed by atoms with van der Waals surface area (Å²) in [4.78, 5) is 23.3. The van der Waals surface area contributed by atoms with Gasteiger partial charge in [-0.05, 0) is 25.0 Å². The van der Waals surface area contributed by atoms with Crippen molar-refractivity contribution in [3.63, 3.8) is 0 Å². The number of carbonyl (C=O) groups is 2. The van der Waals surface area contributed by atoms with Gasteiger partial charge < -0.3 is 15.7 Å². The summed E-state index contributed by atoms with van der Waals surface area (Å²) in [6.45, 7) is 5.16. The summed E-state index contributed by atoms with van der Waals surface area (Å²) in [5.41, 5.74) is -1.46. The number of hydrogen-bond donors (Lipinski definition) is 3. The van der Waals surface area contributed by atoms with Crippen LogP contribution in [-0.4, -0.2) is 29.1 Å². The van der Waals surface area contributed by atoms with Crippen molar-refractivity contribution in [3.05, 3.63) is 29.8 Å². The van der Waals surface area contributed by atoms with Gasteiger partial charge in [0.1, 0.15) is 11.6 Å². The molecule has 0 saturated carbocycles. The molecular weight excluding hydrogens is 294 g/mol. The van der Waals surface area contributed by atoms with E-state index in [1.807, 2.05) is 19.2 Å². The Bertz CT molecular complexity index is 562. The van der Waals surface area contributed by atoms with E-state index in [4.69, 9.17) is 0 Å². The largest absolute Gasteiger partial charge is 0.388 e. The lowest BCUT2D eigenvalue weighted by Gasteiger charge is -2.29. The zero-order valence-electron chi connectivity index (χ0n) is 12.7. The number of carbonyl (C=O) groups excluding carboxylic acids is 2. The van der Waals surface area contributed by atoms with Gasteiger partial charge in [0, 0.05) is 12.6 Å². The lowest BCUT2D eigenvalue weighted by atomic mass is 9.89.